The van der Waals surface area contributed by atoms with Crippen molar-refractivity contribution in [2.75, 3.05) is 6.16 Å². The lowest BCUT2D eigenvalue weighted by molar-refractivity contribution is -0.593. The van der Waals surface area contributed by atoms with Gasteiger partial charge < -0.3 is 24.5 Å². The van der Waals surface area contributed by atoms with Gasteiger partial charge in [0.25, 0.3) is 0 Å². The van der Waals surface area contributed by atoms with Crippen molar-refractivity contribution >= 4 is 50.1 Å². The van der Waals surface area contributed by atoms with Gasteiger partial charge in [0.05, 0.1) is 8.81 Å². The number of rotatable bonds is 20. The Morgan fingerprint density at radius 3 is 0.532 bits per heavy atom. The first-order valence-electron chi connectivity index (χ1n) is 25.8. The van der Waals surface area contributed by atoms with Gasteiger partial charge in [0.15, 0.2) is 0 Å². The number of hydrogen-bond acceptors (Lipinski definition) is 24. The van der Waals surface area contributed by atoms with E-state index in [9.17, 15) is 0 Å². The lowest BCUT2D eigenvalue weighted by Gasteiger charge is -2.05. The van der Waals surface area contributed by atoms with E-state index in [1.54, 1.807) is 0 Å². The van der Waals surface area contributed by atoms with Crippen LogP contribution >= 0.6 is 50.1 Å². The molecule has 6 N–H and O–H groups in total. The van der Waals surface area contributed by atoms with Crippen molar-refractivity contribution in [3.05, 3.63) is 0 Å². The average molecular weight is 1250 g/mol. The summed E-state index contributed by atoms with van der Waals surface area (Å²) in [4.78, 5) is 44.7. The maximum absolute atomic E-state index is 8.93. The standard InChI is InChI=1S/C7H16.C5H13O4P.7C5H12.5HO4P/c1-6(2)5-7(3)4;1-3-5(2)4-10-9-8-7-6;12*1-4-5(2)3/h6-7H,5H2,1-4H3;5-6,10H,3-4H2,1-2H3;7*5H,4H2,1-3H3;5*1H. The zero-order valence-corrected chi connectivity index (χ0v) is 58.1. The summed E-state index contributed by atoms with van der Waals surface area (Å²) in [5.74, 6) is 8.57. The van der Waals surface area contributed by atoms with E-state index < -0.39 is 41.3 Å². The molecule has 7 unspecified atom stereocenters. The molecule has 0 aromatic rings. The van der Waals surface area contributed by atoms with E-state index in [2.05, 4.69) is 225 Å². The minimum atomic E-state index is -3.04. The Balaban J connectivity index is -0.0000000466. The Kier molecular flexibility index (Phi) is 152. The van der Waals surface area contributed by atoms with Crippen molar-refractivity contribution in [2.45, 2.75) is 245 Å². The highest BCUT2D eigenvalue weighted by Gasteiger charge is 1.99. The largest absolute Gasteiger partial charge is 0.565 e. The molecule has 0 amide bonds. The third kappa shape index (κ3) is 320. The van der Waals surface area contributed by atoms with Crippen molar-refractivity contribution in [1.29, 1.82) is 0 Å². The van der Waals surface area contributed by atoms with Crippen molar-refractivity contribution in [1.82, 2.24) is 0 Å². The molecule has 0 aliphatic carbocycles. The summed E-state index contributed by atoms with van der Waals surface area (Å²) < 4.78 is 62.6. The minimum Gasteiger partial charge on any atom is -0.565 e. The van der Waals surface area contributed by atoms with Gasteiger partial charge in [-0.3, -0.25) is 0 Å². The second kappa shape index (κ2) is 105. The van der Waals surface area contributed by atoms with Gasteiger partial charge in [-0.25, -0.2) is 31.5 Å². The van der Waals surface area contributed by atoms with E-state index in [1.165, 1.54) is 51.4 Å². The van der Waals surface area contributed by atoms with E-state index in [0.29, 0.717) is 5.92 Å². The van der Waals surface area contributed by atoms with Crippen LogP contribution in [0.2, 0.25) is 0 Å². The Hall–Kier alpha value is 0.170. The van der Waals surface area contributed by atoms with Crippen LogP contribution in [-0.4, -0.2) is 37.7 Å². The maximum Gasteiger partial charge on any atom is 0.521 e. The molecule has 30 heteroatoms. The fourth-order valence-corrected chi connectivity index (χ4v) is 2.02. The molecule has 7 atom stereocenters. The topological polar surface area (TPSA) is 396 Å². The highest BCUT2D eigenvalue weighted by Crippen LogP contribution is 2.18. The average Bonchev–Trinajstić information content (AvgIpc) is 3.36. The lowest BCUT2D eigenvalue weighted by Crippen LogP contribution is -1.95. The monoisotopic (exact) mass is 1250 g/mol. The zero-order chi connectivity index (χ0) is 65.1. The molecule has 0 saturated carbocycles. The first kappa shape index (κ1) is 112. The zero-order valence-electron chi connectivity index (χ0n) is 52.6. The summed E-state index contributed by atoms with van der Waals surface area (Å²) in [6.07, 6.45) is 12.6. The van der Waals surface area contributed by atoms with Gasteiger partial charge in [0.1, 0.15) is 0 Å². The summed E-state index contributed by atoms with van der Waals surface area (Å²) in [6.45, 7) is 59.8. The first-order valence-corrected chi connectivity index (χ1v) is 32.4. The maximum atomic E-state index is 8.93. The third-order valence-electron chi connectivity index (χ3n) is 8.24. The normalized spacial score (nSPS) is 10.9. The van der Waals surface area contributed by atoms with Gasteiger partial charge in [-0.1, -0.05) is 238 Å². The van der Waals surface area contributed by atoms with Gasteiger partial charge in [0.2, 0.25) is 0 Å². The molecule has 0 saturated heterocycles. The van der Waals surface area contributed by atoms with Crippen molar-refractivity contribution < 1.29 is 117 Å². The molecule has 0 rings (SSSR count). The van der Waals surface area contributed by atoms with Crippen molar-refractivity contribution in [3.63, 3.8) is 0 Å². The third-order valence-corrected chi connectivity index (χ3v) is 9.96. The smallest absolute Gasteiger partial charge is 0.521 e. The van der Waals surface area contributed by atoms with E-state index in [0.717, 1.165) is 65.8 Å². The van der Waals surface area contributed by atoms with E-state index in [1.807, 2.05) is 0 Å². The van der Waals surface area contributed by atoms with Gasteiger partial charge >= 0.3 is 41.3 Å². The van der Waals surface area contributed by atoms with E-state index >= 15 is 0 Å². The van der Waals surface area contributed by atoms with Crippen LogP contribution in [0.15, 0.2) is 0 Å². The van der Waals surface area contributed by atoms with Crippen LogP contribution in [0.1, 0.15) is 245 Å². The highest BCUT2D eigenvalue weighted by atomic mass is 31.1. The Bertz CT molecular complexity index is 888. The molecule has 24 nitrogen and oxygen atoms in total. The lowest BCUT2D eigenvalue weighted by atomic mass is 10.0. The number of hydrogen-bond donors (Lipinski definition) is 6. The van der Waals surface area contributed by atoms with Gasteiger partial charge in [-0.2, -0.15) is 4.67 Å². The Labute approximate surface area is 475 Å². The summed E-state index contributed by atoms with van der Waals surface area (Å²) in [6, 6.07) is 0. The summed E-state index contributed by atoms with van der Waals surface area (Å²) >= 11 is 0. The second-order valence-corrected chi connectivity index (χ2v) is 23.2. The van der Waals surface area contributed by atoms with E-state index in [4.69, 9.17) is 78.8 Å². The first-order chi connectivity index (χ1) is 35.2. The fraction of sp³-hybridized carbons (Fsp3) is 1.00. The van der Waals surface area contributed by atoms with Crippen molar-refractivity contribution in [3.8, 4) is 0 Å². The quantitative estimate of drug-likeness (QED) is 0.0285. The Morgan fingerprint density at radius 2 is 0.468 bits per heavy atom. The summed E-state index contributed by atoms with van der Waals surface area (Å²) in [7, 11) is -15.0. The molecule has 0 heterocycles. The van der Waals surface area contributed by atoms with Crippen LogP contribution in [0.5, 0.6) is 0 Å². The van der Waals surface area contributed by atoms with Gasteiger partial charge in [0, 0.05) is 23.4 Å². The summed E-state index contributed by atoms with van der Waals surface area (Å²) in [5, 5.41) is 49.9. The molecule has 0 spiro atoms. The van der Waals surface area contributed by atoms with Gasteiger partial charge in [-0.05, 0) is 105 Å². The van der Waals surface area contributed by atoms with Crippen LogP contribution in [-0.2, 0) is 60.9 Å². The van der Waals surface area contributed by atoms with Crippen LogP contribution in [0.3, 0.4) is 0 Å². The molecule has 0 aromatic carbocycles. The molecule has 0 aliphatic rings. The molecular formula is C47H118O24P6. The molecular weight excluding hydrogens is 1130 g/mol. The predicted octanol–water partition coefficient (Wildman–Crippen LogP) is 16.5. The molecule has 0 aromatic heterocycles. The fourth-order valence-electron chi connectivity index (χ4n) is 1.30. The van der Waals surface area contributed by atoms with Crippen LogP contribution < -0.4 is 24.5 Å². The molecule has 77 heavy (non-hydrogen) atoms. The molecule has 0 radical (unpaired) electrons. The second-order valence-electron chi connectivity index (χ2n) is 19.3. The molecule has 0 aliphatic heterocycles. The van der Waals surface area contributed by atoms with Crippen molar-refractivity contribution in [2.24, 2.45) is 59.2 Å². The van der Waals surface area contributed by atoms with Crippen LogP contribution in [0.4, 0.5) is 0 Å². The SMILES string of the molecule is CC(C)CC(C)C.CCC(C)C.CCC(C)C.CCC(C)C.CCC(C)C.CCC(C)C.CCC(C)C.CCC(C)C.CCC(C)CPOOOO.O=[P+]([O-])OO.O=[P+]([O-])OO.O=[P+]([O-])OO.O=[P+]([O-])OO.O=[P+]([O-])OO. The van der Waals surface area contributed by atoms with Crippen LogP contribution in [0.25, 0.3) is 0 Å². The van der Waals surface area contributed by atoms with Crippen LogP contribution in [0, 0.1) is 59.2 Å². The molecule has 480 valence electrons. The Morgan fingerprint density at radius 1 is 0.325 bits per heavy atom. The summed E-state index contributed by atoms with van der Waals surface area (Å²) in [5.41, 5.74) is 0. The predicted molar refractivity (Wildman–Crippen MR) is 305 cm³/mol. The molecule has 0 bridgehead atoms. The van der Waals surface area contributed by atoms with Gasteiger partial charge in [-0.15, -0.1) is 0 Å². The minimum absolute atomic E-state index is 0.219. The molecule has 0 fully saturated rings. The van der Waals surface area contributed by atoms with E-state index in [-0.39, 0.29) is 8.81 Å². The highest BCUT2D eigenvalue weighted by molar-refractivity contribution is 7.32.